The minimum Gasteiger partial charge on any atom is -0.327 e. The van der Waals surface area contributed by atoms with Gasteiger partial charge in [0.05, 0.1) is 0 Å². The normalized spacial score (nSPS) is 13.9. The Bertz CT molecular complexity index is 69.6. The third-order valence-corrected chi connectivity index (χ3v) is 1.60. The molecule has 0 amide bonds. The van der Waals surface area contributed by atoms with E-state index >= 15 is 0 Å². The molecule has 2 nitrogen and oxygen atoms in total. The molecule has 0 fully saturated rings. The molecule has 0 aliphatic heterocycles. The van der Waals surface area contributed by atoms with Gasteiger partial charge in [-0.05, 0) is 32.2 Å². The van der Waals surface area contributed by atoms with Crippen molar-refractivity contribution >= 4 is 0 Å². The minimum atomic E-state index is 0.286. The van der Waals surface area contributed by atoms with Gasteiger partial charge in [-0.2, -0.15) is 0 Å². The van der Waals surface area contributed by atoms with Crippen LogP contribution in [0.4, 0.5) is 0 Å². The molecule has 0 saturated heterocycles. The van der Waals surface area contributed by atoms with Crippen molar-refractivity contribution in [1.29, 1.82) is 0 Å². The quantitative estimate of drug-likeness (QED) is 0.573. The van der Waals surface area contributed by atoms with Crippen molar-refractivity contribution in [2.45, 2.75) is 39.7 Å². The highest BCUT2D eigenvalue weighted by atomic mass is 14.9. The van der Waals surface area contributed by atoms with Crippen LogP contribution >= 0.6 is 0 Å². The predicted octanol–water partition coefficient (Wildman–Crippen LogP) is 1.36. The van der Waals surface area contributed by atoms with E-state index in [-0.39, 0.29) is 6.04 Å². The molecule has 0 aromatic rings. The first-order valence-electron chi connectivity index (χ1n) is 4.59. The van der Waals surface area contributed by atoms with E-state index < -0.39 is 0 Å². The van der Waals surface area contributed by atoms with Gasteiger partial charge < -0.3 is 11.1 Å². The lowest BCUT2D eigenvalue weighted by molar-refractivity contribution is 0.516. The van der Waals surface area contributed by atoms with Crippen LogP contribution in [-0.2, 0) is 0 Å². The van der Waals surface area contributed by atoms with Crippen molar-refractivity contribution in [3.8, 4) is 0 Å². The smallest absolute Gasteiger partial charge is 0.0136 e. The van der Waals surface area contributed by atoms with Gasteiger partial charge in [0, 0.05) is 12.6 Å². The second-order valence-electron chi connectivity index (χ2n) is 3.72. The number of rotatable bonds is 6. The van der Waals surface area contributed by atoms with Crippen LogP contribution in [0.5, 0.6) is 0 Å². The summed E-state index contributed by atoms with van der Waals surface area (Å²) < 4.78 is 0. The van der Waals surface area contributed by atoms with Gasteiger partial charge >= 0.3 is 0 Å². The van der Waals surface area contributed by atoms with Crippen molar-refractivity contribution in [3.05, 3.63) is 0 Å². The zero-order chi connectivity index (χ0) is 8.69. The summed E-state index contributed by atoms with van der Waals surface area (Å²) >= 11 is 0. The molecule has 0 saturated carbocycles. The van der Waals surface area contributed by atoms with Crippen molar-refractivity contribution < 1.29 is 0 Å². The minimum absolute atomic E-state index is 0.286. The summed E-state index contributed by atoms with van der Waals surface area (Å²) in [5, 5.41) is 3.32. The molecule has 68 valence electrons. The Kier molecular flexibility index (Phi) is 6.57. The van der Waals surface area contributed by atoms with Gasteiger partial charge in [-0.1, -0.05) is 13.8 Å². The largest absolute Gasteiger partial charge is 0.327 e. The summed E-state index contributed by atoms with van der Waals surface area (Å²) in [5.41, 5.74) is 5.57. The van der Waals surface area contributed by atoms with Crippen molar-refractivity contribution in [1.82, 2.24) is 5.32 Å². The topological polar surface area (TPSA) is 38.0 Å². The monoisotopic (exact) mass is 158 g/mol. The fraction of sp³-hybridized carbons (Fsp3) is 1.00. The molecule has 11 heavy (non-hydrogen) atoms. The van der Waals surface area contributed by atoms with E-state index in [2.05, 4.69) is 19.2 Å². The zero-order valence-electron chi connectivity index (χ0n) is 8.06. The Labute approximate surface area is 70.5 Å². The molecular formula is C9H22N2. The van der Waals surface area contributed by atoms with Gasteiger partial charge in [0.25, 0.3) is 0 Å². The van der Waals surface area contributed by atoms with E-state index in [4.69, 9.17) is 5.73 Å². The molecule has 0 heterocycles. The molecule has 0 aromatic heterocycles. The molecule has 1 unspecified atom stereocenters. The fourth-order valence-corrected chi connectivity index (χ4v) is 0.965. The summed E-state index contributed by atoms with van der Waals surface area (Å²) in [5.74, 6) is 0.826. The summed E-state index contributed by atoms with van der Waals surface area (Å²) in [6, 6.07) is 0.286. The molecular weight excluding hydrogens is 136 g/mol. The Morgan fingerprint density at radius 1 is 1.27 bits per heavy atom. The second-order valence-corrected chi connectivity index (χ2v) is 3.72. The molecule has 0 aliphatic rings. The number of nitrogens with two attached hydrogens (primary N) is 1. The molecule has 0 rings (SSSR count). The Balaban J connectivity index is 2.91. The Hall–Kier alpha value is -0.0800. The summed E-state index contributed by atoms with van der Waals surface area (Å²) in [7, 11) is 0. The fourth-order valence-electron chi connectivity index (χ4n) is 0.965. The van der Waals surface area contributed by atoms with Gasteiger partial charge in [0.2, 0.25) is 0 Å². The number of nitrogens with one attached hydrogen (secondary N) is 1. The van der Waals surface area contributed by atoms with Gasteiger partial charge in [-0.3, -0.25) is 0 Å². The SMILES string of the molecule is CC(C)CCCNCC(C)N. The molecule has 0 radical (unpaired) electrons. The number of hydrogen-bond acceptors (Lipinski definition) is 2. The van der Waals surface area contributed by atoms with E-state index in [1.54, 1.807) is 0 Å². The van der Waals surface area contributed by atoms with Crippen LogP contribution in [0, 0.1) is 5.92 Å². The average Bonchev–Trinajstić information content (AvgIpc) is 1.85. The molecule has 0 spiro atoms. The molecule has 0 bridgehead atoms. The van der Waals surface area contributed by atoms with E-state index in [1.807, 2.05) is 6.92 Å². The maximum absolute atomic E-state index is 5.57. The van der Waals surface area contributed by atoms with Gasteiger partial charge in [0.1, 0.15) is 0 Å². The van der Waals surface area contributed by atoms with E-state index in [0.717, 1.165) is 19.0 Å². The van der Waals surface area contributed by atoms with Crippen molar-refractivity contribution in [2.75, 3.05) is 13.1 Å². The molecule has 3 N–H and O–H groups in total. The third-order valence-electron chi connectivity index (χ3n) is 1.60. The lowest BCUT2D eigenvalue weighted by atomic mass is 10.1. The van der Waals surface area contributed by atoms with Crippen LogP contribution < -0.4 is 11.1 Å². The maximum atomic E-state index is 5.57. The molecule has 2 heteroatoms. The summed E-state index contributed by atoms with van der Waals surface area (Å²) in [4.78, 5) is 0. The first-order chi connectivity index (χ1) is 5.13. The highest BCUT2D eigenvalue weighted by Gasteiger charge is 1.94. The number of hydrogen-bond donors (Lipinski definition) is 2. The Morgan fingerprint density at radius 2 is 1.91 bits per heavy atom. The van der Waals surface area contributed by atoms with Gasteiger partial charge in [-0.15, -0.1) is 0 Å². The van der Waals surface area contributed by atoms with E-state index in [1.165, 1.54) is 12.8 Å². The molecule has 0 aliphatic carbocycles. The van der Waals surface area contributed by atoms with Gasteiger partial charge in [0.15, 0.2) is 0 Å². The van der Waals surface area contributed by atoms with E-state index in [9.17, 15) is 0 Å². The van der Waals surface area contributed by atoms with E-state index in [0.29, 0.717) is 0 Å². The van der Waals surface area contributed by atoms with Gasteiger partial charge in [-0.25, -0.2) is 0 Å². The highest BCUT2D eigenvalue weighted by Crippen LogP contribution is 2.01. The highest BCUT2D eigenvalue weighted by molar-refractivity contribution is 4.57. The lowest BCUT2D eigenvalue weighted by Gasteiger charge is -2.08. The van der Waals surface area contributed by atoms with Crippen LogP contribution in [0.3, 0.4) is 0 Å². The van der Waals surface area contributed by atoms with Crippen LogP contribution in [0.1, 0.15) is 33.6 Å². The lowest BCUT2D eigenvalue weighted by Crippen LogP contribution is -2.31. The standard InChI is InChI=1S/C9H22N2/c1-8(2)5-4-6-11-7-9(3)10/h8-9,11H,4-7,10H2,1-3H3. The first-order valence-corrected chi connectivity index (χ1v) is 4.59. The second kappa shape index (κ2) is 6.62. The summed E-state index contributed by atoms with van der Waals surface area (Å²) in [6.07, 6.45) is 2.58. The zero-order valence-corrected chi connectivity index (χ0v) is 8.06. The maximum Gasteiger partial charge on any atom is 0.0136 e. The van der Waals surface area contributed by atoms with Crippen LogP contribution in [-0.4, -0.2) is 19.1 Å². The first kappa shape index (κ1) is 10.9. The third kappa shape index (κ3) is 9.92. The van der Waals surface area contributed by atoms with Crippen molar-refractivity contribution in [2.24, 2.45) is 11.7 Å². The molecule has 0 aromatic carbocycles. The van der Waals surface area contributed by atoms with Crippen LogP contribution in [0.15, 0.2) is 0 Å². The average molecular weight is 158 g/mol. The predicted molar refractivity (Wildman–Crippen MR) is 50.6 cm³/mol. The van der Waals surface area contributed by atoms with Crippen molar-refractivity contribution in [3.63, 3.8) is 0 Å². The van der Waals surface area contributed by atoms with Crippen LogP contribution in [0.2, 0.25) is 0 Å². The Morgan fingerprint density at radius 3 is 2.36 bits per heavy atom. The van der Waals surface area contributed by atoms with Crippen LogP contribution in [0.25, 0.3) is 0 Å². The summed E-state index contributed by atoms with van der Waals surface area (Å²) in [6.45, 7) is 8.59. The molecule has 1 atom stereocenters.